The zero-order valence-electron chi connectivity index (χ0n) is 12.7. The van der Waals surface area contributed by atoms with Gasteiger partial charge in [0.25, 0.3) is 0 Å². The normalized spacial score (nSPS) is 32.1. The summed E-state index contributed by atoms with van der Waals surface area (Å²) in [7, 11) is 0. The highest BCUT2D eigenvalue weighted by atomic mass is 19.1. The van der Waals surface area contributed by atoms with Crippen LogP contribution in [0.15, 0.2) is 30.3 Å². The van der Waals surface area contributed by atoms with E-state index in [1.807, 2.05) is 30.3 Å². The average Bonchev–Trinajstić information content (AvgIpc) is 2.46. The van der Waals surface area contributed by atoms with E-state index in [0.717, 1.165) is 31.2 Å². The van der Waals surface area contributed by atoms with Crippen molar-refractivity contribution in [2.75, 3.05) is 13.1 Å². The molecule has 3 heteroatoms. The van der Waals surface area contributed by atoms with Crippen molar-refractivity contribution in [3.63, 3.8) is 0 Å². The summed E-state index contributed by atoms with van der Waals surface area (Å²) in [5, 5.41) is 8.90. The topological polar surface area (TPSA) is 27.0 Å². The van der Waals surface area contributed by atoms with Gasteiger partial charge in [0.15, 0.2) is 5.67 Å². The van der Waals surface area contributed by atoms with Crippen LogP contribution in [0.5, 0.6) is 0 Å². The number of benzene rings is 1. The molecule has 0 radical (unpaired) electrons. The molecule has 1 saturated carbocycles. The molecule has 0 unspecified atom stereocenters. The van der Waals surface area contributed by atoms with E-state index in [-0.39, 0.29) is 5.41 Å². The van der Waals surface area contributed by atoms with Crippen molar-refractivity contribution in [3.8, 4) is 6.07 Å². The standard InChI is InChI=1S/C18H23FN2/c1-17(11-12-20)9-7-16(8-10-17)21-13-18(19,14-21)15-5-3-2-4-6-15/h2-6,16H,7-11,13-14H2,1H3/t16-,17+. The molecule has 1 aliphatic carbocycles. The fourth-order valence-corrected chi connectivity index (χ4v) is 3.81. The highest BCUT2D eigenvalue weighted by Crippen LogP contribution is 2.44. The van der Waals surface area contributed by atoms with Crippen molar-refractivity contribution >= 4 is 0 Å². The van der Waals surface area contributed by atoms with Gasteiger partial charge in [-0.05, 0) is 36.7 Å². The zero-order valence-corrected chi connectivity index (χ0v) is 12.7. The van der Waals surface area contributed by atoms with E-state index >= 15 is 0 Å². The number of nitrogens with zero attached hydrogens (tertiary/aromatic N) is 2. The number of hydrogen-bond donors (Lipinski definition) is 0. The summed E-state index contributed by atoms with van der Waals surface area (Å²) >= 11 is 0. The molecule has 2 aliphatic rings. The van der Waals surface area contributed by atoms with Crippen LogP contribution < -0.4 is 0 Å². The van der Waals surface area contributed by atoms with E-state index in [9.17, 15) is 4.39 Å². The molecule has 112 valence electrons. The van der Waals surface area contributed by atoms with Crippen LogP contribution in [0.2, 0.25) is 0 Å². The van der Waals surface area contributed by atoms with Gasteiger partial charge >= 0.3 is 0 Å². The molecule has 0 aromatic heterocycles. The van der Waals surface area contributed by atoms with Gasteiger partial charge in [-0.15, -0.1) is 0 Å². The Morgan fingerprint density at radius 3 is 2.43 bits per heavy atom. The number of hydrogen-bond acceptors (Lipinski definition) is 2. The minimum Gasteiger partial charge on any atom is -0.293 e. The third kappa shape index (κ3) is 2.82. The summed E-state index contributed by atoms with van der Waals surface area (Å²) in [6.45, 7) is 3.26. The number of nitriles is 1. The number of halogens is 1. The van der Waals surface area contributed by atoms with Crippen molar-refractivity contribution in [2.45, 2.75) is 50.7 Å². The summed E-state index contributed by atoms with van der Waals surface area (Å²) in [6, 6.07) is 12.3. The summed E-state index contributed by atoms with van der Waals surface area (Å²) in [5.74, 6) is 0. The van der Waals surface area contributed by atoms with Gasteiger partial charge in [-0.1, -0.05) is 37.3 Å². The molecule has 1 heterocycles. The average molecular weight is 286 g/mol. The van der Waals surface area contributed by atoms with Gasteiger partial charge in [0, 0.05) is 25.6 Å². The fraction of sp³-hybridized carbons (Fsp3) is 0.611. The summed E-state index contributed by atoms with van der Waals surface area (Å²) in [4.78, 5) is 2.29. The third-order valence-corrected chi connectivity index (χ3v) is 5.38. The van der Waals surface area contributed by atoms with Gasteiger partial charge in [0.1, 0.15) is 0 Å². The predicted octanol–water partition coefficient (Wildman–Crippen LogP) is 4.03. The lowest BCUT2D eigenvalue weighted by molar-refractivity contribution is -0.0760. The van der Waals surface area contributed by atoms with Crippen LogP contribution in [0.25, 0.3) is 0 Å². The zero-order chi connectivity index (χ0) is 14.9. The first kappa shape index (κ1) is 14.5. The number of alkyl halides is 1. The first-order valence-corrected chi connectivity index (χ1v) is 7.90. The Kier molecular flexibility index (Phi) is 3.75. The highest BCUT2D eigenvalue weighted by molar-refractivity contribution is 5.26. The number of rotatable bonds is 3. The molecule has 0 N–H and O–H groups in total. The van der Waals surface area contributed by atoms with Crippen LogP contribution in [-0.4, -0.2) is 24.0 Å². The molecule has 2 fully saturated rings. The van der Waals surface area contributed by atoms with Crippen LogP contribution in [0, 0.1) is 16.7 Å². The van der Waals surface area contributed by atoms with E-state index in [4.69, 9.17) is 5.26 Å². The van der Waals surface area contributed by atoms with Crippen LogP contribution >= 0.6 is 0 Å². The maximum Gasteiger partial charge on any atom is 0.161 e. The second-order valence-electron chi connectivity index (χ2n) is 7.11. The van der Waals surface area contributed by atoms with Crippen LogP contribution in [0.1, 0.15) is 44.6 Å². The van der Waals surface area contributed by atoms with Crippen molar-refractivity contribution in [1.29, 1.82) is 5.26 Å². The predicted molar refractivity (Wildman–Crippen MR) is 81.4 cm³/mol. The molecule has 0 spiro atoms. The summed E-state index contributed by atoms with van der Waals surface area (Å²) in [5.41, 5.74) is -0.164. The van der Waals surface area contributed by atoms with E-state index in [1.165, 1.54) is 0 Å². The van der Waals surface area contributed by atoms with Crippen LogP contribution in [0.3, 0.4) is 0 Å². The molecule has 21 heavy (non-hydrogen) atoms. The molecular weight excluding hydrogens is 263 g/mol. The molecule has 2 nitrogen and oxygen atoms in total. The second kappa shape index (κ2) is 5.42. The third-order valence-electron chi connectivity index (χ3n) is 5.38. The Balaban J connectivity index is 1.55. The Morgan fingerprint density at radius 2 is 1.86 bits per heavy atom. The minimum atomic E-state index is -1.16. The first-order valence-electron chi connectivity index (χ1n) is 7.90. The SMILES string of the molecule is C[C@]1(CC#N)CC[C@@H](N2CC(F)(c3ccccc3)C2)CC1. The van der Waals surface area contributed by atoms with Crippen molar-refractivity contribution in [2.24, 2.45) is 5.41 Å². The molecule has 1 saturated heterocycles. The van der Waals surface area contributed by atoms with Crippen molar-refractivity contribution < 1.29 is 4.39 Å². The van der Waals surface area contributed by atoms with E-state index in [1.54, 1.807) is 0 Å². The largest absolute Gasteiger partial charge is 0.293 e. The molecule has 1 aromatic rings. The number of likely N-dealkylation sites (tertiary alicyclic amines) is 1. The molecule has 3 rings (SSSR count). The van der Waals surface area contributed by atoms with Crippen molar-refractivity contribution in [3.05, 3.63) is 35.9 Å². The van der Waals surface area contributed by atoms with Gasteiger partial charge in [0.2, 0.25) is 0 Å². The Bertz CT molecular complexity index is 520. The lowest BCUT2D eigenvalue weighted by Gasteiger charge is -2.51. The van der Waals surface area contributed by atoms with E-state index < -0.39 is 5.67 Å². The van der Waals surface area contributed by atoms with Crippen molar-refractivity contribution in [1.82, 2.24) is 4.90 Å². The Hall–Kier alpha value is -1.40. The molecule has 1 aliphatic heterocycles. The lowest BCUT2D eigenvalue weighted by Crippen LogP contribution is -2.61. The summed E-state index contributed by atoms with van der Waals surface area (Å²) in [6.07, 6.45) is 5.03. The maximum atomic E-state index is 14.8. The Labute approximate surface area is 126 Å². The molecule has 0 atom stereocenters. The van der Waals surface area contributed by atoms with Gasteiger partial charge < -0.3 is 0 Å². The van der Waals surface area contributed by atoms with Crippen LogP contribution in [0.4, 0.5) is 4.39 Å². The molecule has 1 aromatic carbocycles. The molecular formula is C18H23FN2. The first-order chi connectivity index (χ1) is 10.0. The van der Waals surface area contributed by atoms with E-state index in [2.05, 4.69) is 17.9 Å². The van der Waals surface area contributed by atoms with Gasteiger partial charge in [-0.2, -0.15) is 5.26 Å². The van der Waals surface area contributed by atoms with Gasteiger partial charge in [0.05, 0.1) is 6.07 Å². The highest BCUT2D eigenvalue weighted by Gasteiger charge is 2.48. The second-order valence-corrected chi connectivity index (χ2v) is 7.11. The minimum absolute atomic E-state index is 0.183. The quantitative estimate of drug-likeness (QED) is 0.839. The van der Waals surface area contributed by atoms with Gasteiger partial charge in [-0.25, -0.2) is 4.39 Å². The van der Waals surface area contributed by atoms with Crippen LogP contribution in [-0.2, 0) is 5.67 Å². The molecule has 0 amide bonds. The maximum absolute atomic E-state index is 14.8. The molecule has 0 bridgehead atoms. The van der Waals surface area contributed by atoms with E-state index in [0.29, 0.717) is 25.6 Å². The fourth-order valence-electron chi connectivity index (χ4n) is 3.81. The monoisotopic (exact) mass is 286 g/mol. The smallest absolute Gasteiger partial charge is 0.161 e. The van der Waals surface area contributed by atoms with Gasteiger partial charge in [-0.3, -0.25) is 4.90 Å². The summed E-state index contributed by atoms with van der Waals surface area (Å²) < 4.78 is 14.8. The lowest BCUT2D eigenvalue weighted by atomic mass is 9.71. The Morgan fingerprint density at radius 1 is 1.24 bits per heavy atom.